The SMILES string of the molecule is CN(CC(=O)O)CC1CN(c2cncc(Br)c2)CCO1. The zero-order valence-corrected chi connectivity index (χ0v) is 12.9. The van der Waals surface area contributed by atoms with Gasteiger partial charge in [0.15, 0.2) is 0 Å². The maximum absolute atomic E-state index is 10.7. The predicted octanol–water partition coefficient (Wildman–Crippen LogP) is 1.07. The quantitative estimate of drug-likeness (QED) is 0.862. The van der Waals surface area contributed by atoms with E-state index in [-0.39, 0.29) is 12.6 Å². The molecule has 6 nitrogen and oxygen atoms in total. The van der Waals surface area contributed by atoms with Crippen LogP contribution in [0.1, 0.15) is 0 Å². The highest BCUT2D eigenvalue weighted by Crippen LogP contribution is 2.20. The van der Waals surface area contributed by atoms with Crippen LogP contribution in [0.25, 0.3) is 0 Å². The molecule has 110 valence electrons. The summed E-state index contributed by atoms with van der Waals surface area (Å²) in [5, 5.41) is 8.77. The fraction of sp³-hybridized carbons (Fsp3) is 0.538. The molecule has 0 saturated carbocycles. The number of rotatable bonds is 5. The molecule has 0 aliphatic carbocycles. The monoisotopic (exact) mass is 343 g/mol. The Morgan fingerprint density at radius 2 is 2.45 bits per heavy atom. The van der Waals surface area contributed by atoms with Crippen molar-refractivity contribution in [2.75, 3.05) is 44.7 Å². The zero-order valence-electron chi connectivity index (χ0n) is 11.3. The Kier molecular flexibility index (Phi) is 5.33. The number of ether oxygens (including phenoxy) is 1. The number of aliphatic carboxylic acids is 1. The van der Waals surface area contributed by atoms with Gasteiger partial charge in [0.25, 0.3) is 0 Å². The van der Waals surface area contributed by atoms with Crippen molar-refractivity contribution in [3.8, 4) is 0 Å². The molecule has 1 N–H and O–H groups in total. The average Bonchev–Trinajstić information content (AvgIpc) is 2.38. The standard InChI is InChI=1S/C13H18BrN3O3/c1-16(9-13(18)19)7-12-8-17(2-3-20-12)11-4-10(14)5-15-6-11/h4-6,12H,2-3,7-9H2,1H3,(H,18,19). The summed E-state index contributed by atoms with van der Waals surface area (Å²) in [6, 6.07) is 2.02. The average molecular weight is 344 g/mol. The molecule has 0 aromatic carbocycles. The summed E-state index contributed by atoms with van der Waals surface area (Å²) in [5.74, 6) is -0.823. The molecule has 0 radical (unpaired) electrons. The van der Waals surface area contributed by atoms with Gasteiger partial charge in [0.05, 0.1) is 31.1 Å². The minimum Gasteiger partial charge on any atom is -0.480 e. The van der Waals surface area contributed by atoms with Crippen LogP contribution in [-0.2, 0) is 9.53 Å². The number of nitrogens with zero attached hydrogens (tertiary/aromatic N) is 3. The van der Waals surface area contributed by atoms with Crippen LogP contribution >= 0.6 is 15.9 Å². The van der Waals surface area contributed by atoms with Crippen LogP contribution in [0.4, 0.5) is 5.69 Å². The van der Waals surface area contributed by atoms with Gasteiger partial charge in [-0.2, -0.15) is 0 Å². The number of aromatic nitrogens is 1. The lowest BCUT2D eigenvalue weighted by atomic mass is 10.2. The van der Waals surface area contributed by atoms with Crippen molar-refractivity contribution in [2.45, 2.75) is 6.10 Å². The summed E-state index contributed by atoms with van der Waals surface area (Å²) in [6.07, 6.45) is 3.59. The van der Waals surface area contributed by atoms with Gasteiger partial charge in [-0.3, -0.25) is 14.7 Å². The van der Waals surface area contributed by atoms with E-state index in [4.69, 9.17) is 9.84 Å². The van der Waals surface area contributed by atoms with Crippen molar-refractivity contribution in [1.29, 1.82) is 0 Å². The van der Waals surface area contributed by atoms with E-state index < -0.39 is 5.97 Å². The van der Waals surface area contributed by atoms with E-state index in [9.17, 15) is 4.79 Å². The molecule has 1 unspecified atom stereocenters. The first-order chi connectivity index (χ1) is 9.54. The second-order valence-corrected chi connectivity index (χ2v) is 5.81. The summed E-state index contributed by atoms with van der Waals surface area (Å²) >= 11 is 3.42. The molecule has 1 aromatic rings. The first-order valence-electron chi connectivity index (χ1n) is 6.42. The van der Waals surface area contributed by atoms with E-state index in [0.717, 1.165) is 23.2 Å². The van der Waals surface area contributed by atoms with Gasteiger partial charge >= 0.3 is 5.97 Å². The van der Waals surface area contributed by atoms with Gasteiger partial charge in [-0.1, -0.05) is 0 Å². The topological polar surface area (TPSA) is 65.9 Å². The number of hydrogen-bond acceptors (Lipinski definition) is 5. The molecular formula is C13H18BrN3O3. The molecule has 20 heavy (non-hydrogen) atoms. The third kappa shape index (κ3) is 4.43. The lowest BCUT2D eigenvalue weighted by Crippen LogP contribution is -2.47. The molecule has 2 heterocycles. The number of pyridine rings is 1. The summed E-state index contributed by atoms with van der Waals surface area (Å²) in [4.78, 5) is 18.8. The molecule has 1 saturated heterocycles. The van der Waals surface area contributed by atoms with Crippen LogP contribution in [-0.4, -0.2) is 66.9 Å². The molecule has 1 fully saturated rings. The smallest absolute Gasteiger partial charge is 0.317 e. The largest absolute Gasteiger partial charge is 0.480 e. The highest BCUT2D eigenvalue weighted by atomic mass is 79.9. The minimum atomic E-state index is -0.823. The first-order valence-corrected chi connectivity index (χ1v) is 7.21. The van der Waals surface area contributed by atoms with Crippen molar-refractivity contribution in [3.63, 3.8) is 0 Å². The summed E-state index contributed by atoms with van der Waals surface area (Å²) in [7, 11) is 1.79. The number of carboxylic acids is 1. The molecule has 0 spiro atoms. The minimum absolute atomic E-state index is 0.00656. The lowest BCUT2D eigenvalue weighted by Gasteiger charge is -2.35. The van der Waals surface area contributed by atoms with E-state index in [2.05, 4.69) is 25.8 Å². The van der Waals surface area contributed by atoms with E-state index in [1.165, 1.54) is 0 Å². The molecule has 1 aromatic heterocycles. The number of anilines is 1. The van der Waals surface area contributed by atoms with E-state index in [0.29, 0.717) is 13.2 Å². The maximum atomic E-state index is 10.7. The van der Waals surface area contributed by atoms with Crippen LogP contribution in [0.3, 0.4) is 0 Å². The van der Waals surface area contributed by atoms with Gasteiger partial charge < -0.3 is 14.7 Å². The van der Waals surface area contributed by atoms with Crippen LogP contribution in [0.15, 0.2) is 22.9 Å². The Balaban J connectivity index is 1.93. The Morgan fingerprint density at radius 1 is 1.65 bits per heavy atom. The molecule has 1 aliphatic rings. The molecule has 7 heteroatoms. The second kappa shape index (κ2) is 7.01. The Bertz CT molecular complexity index is 472. The van der Waals surface area contributed by atoms with Crippen molar-refractivity contribution >= 4 is 27.6 Å². The normalized spacial score (nSPS) is 19.4. The fourth-order valence-electron chi connectivity index (χ4n) is 2.28. The number of carbonyl (C=O) groups is 1. The number of hydrogen-bond donors (Lipinski definition) is 1. The van der Waals surface area contributed by atoms with Gasteiger partial charge in [0, 0.05) is 30.3 Å². The van der Waals surface area contributed by atoms with Gasteiger partial charge in [0.1, 0.15) is 0 Å². The Hall–Kier alpha value is -1.18. The third-order valence-electron chi connectivity index (χ3n) is 3.11. The van der Waals surface area contributed by atoms with Gasteiger partial charge in [0.2, 0.25) is 0 Å². The van der Waals surface area contributed by atoms with Crippen molar-refractivity contribution in [1.82, 2.24) is 9.88 Å². The molecule has 0 bridgehead atoms. The number of likely N-dealkylation sites (N-methyl/N-ethyl adjacent to an activating group) is 1. The van der Waals surface area contributed by atoms with E-state index in [1.54, 1.807) is 18.1 Å². The summed E-state index contributed by atoms with van der Waals surface area (Å²) in [6.45, 7) is 2.82. The predicted molar refractivity (Wildman–Crippen MR) is 79.0 cm³/mol. The van der Waals surface area contributed by atoms with E-state index >= 15 is 0 Å². The van der Waals surface area contributed by atoms with Gasteiger partial charge in [-0.25, -0.2) is 0 Å². The second-order valence-electron chi connectivity index (χ2n) is 4.89. The van der Waals surface area contributed by atoms with E-state index in [1.807, 2.05) is 12.3 Å². The van der Waals surface area contributed by atoms with Crippen LogP contribution in [0, 0.1) is 0 Å². The molecule has 1 aliphatic heterocycles. The Morgan fingerprint density at radius 3 is 3.15 bits per heavy atom. The highest BCUT2D eigenvalue weighted by Gasteiger charge is 2.22. The van der Waals surface area contributed by atoms with Crippen molar-refractivity contribution in [2.24, 2.45) is 0 Å². The molecule has 2 rings (SSSR count). The van der Waals surface area contributed by atoms with Crippen LogP contribution in [0.5, 0.6) is 0 Å². The van der Waals surface area contributed by atoms with Crippen molar-refractivity contribution in [3.05, 3.63) is 22.9 Å². The summed E-state index contributed by atoms with van der Waals surface area (Å²) < 4.78 is 6.65. The number of morpholine rings is 1. The van der Waals surface area contributed by atoms with Gasteiger partial charge in [-0.15, -0.1) is 0 Å². The number of halogens is 1. The maximum Gasteiger partial charge on any atom is 0.317 e. The molecular weight excluding hydrogens is 326 g/mol. The highest BCUT2D eigenvalue weighted by molar-refractivity contribution is 9.10. The first kappa shape index (κ1) is 15.2. The van der Waals surface area contributed by atoms with Crippen LogP contribution < -0.4 is 4.90 Å². The third-order valence-corrected chi connectivity index (χ3v) is 3.55. The zero-order chi connectivity index (χ0) is 14.5. The van der Waals surface area contributed by atoms with Crippen molar-refractivity contribution < 1.29 is 14.6 Å². The van der Waals surface area contributed by atoms with Gasteiger partial charge in [-0.05, 0) is 29.0 Å². The molecule has 1 atom stereocenters. The fourth-order valence-corrected chi connectivity index (χ4v) is 2.63. The Labute approximate surface area is 126 Å². The molecule has 0 amide bonds. The summed E-state index contributed by atoms with van der Waals surface area (Å²) in [5.41, 5.74) is 1.05. The number of carboxylic acid groups (broad SMARTS) is 1. The van der Waals surface area contributed by atoms with Crippen LogP contribution in [0.2, 0.25) is 0 Å². The lowest BCUT2D eigenvalue weighted by molar-refractivity contribution is -0.138.